The van der Waals surface area contributed by atoms with E-state index in [9.17, 15) is 39.5 Å². The fourth-order valence-corrected chi connectivity index (χ4v) is 5.06. The van der Waals surface area contributed by atoms with Crippen LogP contribution >= 0.6 is 58.0 Å². The third-order valence-corrected chi connectivity index (χ3v) is 7.54. The summed E-state index contributed by atoms with van der Waals surface area (Å²) in [5.74, 6) is 0. The van der Waals surface area contributed by atoms with Crippen molar-refractivity contribution in [3.63, 3.8) is 0 Å². The molecule has 0 fully saturated rings. The average molecular weight is 632 g/mol. The van der Waals surface area contributed by atoms with Crippen molar-refractivity contribution in [3.8, 4) is 0 Å². The first-order chi connectivity index (χ1) is 16.7. The first-order valence-corrected chi connectivity index (χ1v) is 11.6. The highest BCUT2D eigenvalue weighted by Gasteiger charge is 2.40. The molecule has 0 atom stereocenters. The Morgan fingerprint density at radius 1 is 0.486 bits per heavy atom. The van der Waals surface area contributed by atoms with Crippen LogP contribution in [0.3, 0.4) is 0 Å². The molecule has 3 aromatic rings. The molecule has 0 heterocycles. The van der Waals surface area contributed by atoms with Crippen molar-refractivity contribution in [3.05, 3.63) is 83.8 Å². The molecule has 0 bridgehead atoms. The molecule has 0 nitrogen and oxygen atoms in total. The van der Waals surface area contributed by atoms with E-state index in [-0.39, 0.29) is 22.1 Å². The van der Waals surface area contributed by atoms with Gasteiger partial charge in [0.05, 0.1) is 41.8 Å². The summed E-state index contributed by atoms with van der Waals surface area (Å²) in [7, 11) is 0. The quantitative estimate of drug-likeness (QED) is 0.117. The van der Waals surface area contributed by atoms with Crippen LogP contribution in [0.5, 0.6) is 0 Å². The molecule has 15 heteroatoms. The summed E-state index contributed by atoms with van der Waals surface area (Å²) in [6.45, 7) is -0.551. The van der Waals surface area contributed by atoms with Gasteiger partial charge in [0.1, 0.15) is 0 Å². The van der Waals surface area contributed by atoms with E-state index >= 15 is 0 Å². The van der Waals surface area contributed by atoms with Gasteiger partial charge in [-0.05, 0) is 24.5 Å². The minimum absolute atomic E-state index is 0.00347. The Hall–Kier alpha value is -1.46. The van der Waals surface area contributed by atoms with E-state index < -0.39 is 72.9 Å². The molecule has 198 valence electrons. The monoisotopic (exact) mass is 630 g/mol. The number of alkyl halides is 9. The van der Waals surface area contributed by atoms with E-state index in [0.717, 1.165) is 12.1 Å². The standard InChI is InChI=1S/C22H9BCl5F9/c1-8-2-9(20(29,30)31)5-12(3-8)23(14-15(24)17(26)19(28)18(27)16(14)25)13-6-10(21(32,33)34)4-11(7-13)22(35,36)37/h2-7H,1H3. The van der Waals surface area contributed by atoms with E-state index in [2.05, 4.69) is 0 Å². The van der Waals surface area contributed by atoms with Crippen molar-refractivity contribution in [1.82, 2.24) is 0 Å². The topological polar surface area (TPSA) is 0 Å². The second kappa shape index (κ2) is 10.3. The summed E-state index contributed by atoms with van der Waals surface area (Å²) in [5, 5.41) is -2.32. The van der Waals surface area contributed by atoms with Crippen molar-refractivity contribution in [1.29, 1.82) is 0 Å². The van der Waals surface area contributed by atoms with Gasteiger partial charge in [-0.2, -0.15) is 39.5 Å². The summed E-state index contributed by atoms with van der Waals surface area (Å²) in [6.07, 6.45) is -15.4. The predicted molar refractivity (Wildman–Crippen MR) is 129 cm³/mol. The molecule has 37 heavy (non-hydrogen) atoms. The first kappa shape index (κ1) is 30.1. The lowest BCUT2D eigenvalue weighted by Gasteiger charge is -2.24. The number of halogens is 14. The van der Waals surface area contributed by atoms with E-state index in [4.69, 9.17) is 58.0 Å². The van der Waals surface area contributed by atoms with Gasteiger partial charge in [0.25, 0.3) is 0 Å². The Morgan fingerprint density at radius 2 is 0.811 bits per heavy atom. The van der Waals surface area contributed by atoms with Gasteiger partial charge in [-0.1, -0.05) is 98.8 Å². The summed E-state index contributed by atoms with van der Waals surface area (Å²) < 4.78 is 122. The SMILES string of the molecule is Cc1cc(B(c2cc(C(F)(F)F)cc(C(F)(F)F)c2)c2c(Cl)c(Cl)c(Cl)c(Cl)c2Cl)cc(C(F)(F)F)c1. The lowest BCUT2D eigenvalue weighted by Crippen LogP contribution is -2.54. The smallest absolute Gasteiger partial charge is 0.166 e. The normalized spacial score (nSPS) is 12.7. The second-order valence-electron chi connectivity index (χ2n) is 7.89. The Balaban J connectivity index is 2.54. The maximum Gasteiger partial charge on any atom is 0.416 e. The van der Waals surface area contributed by atoms with Crippen molar-refractivity contribution in [2.75, 3.05) is 0 Å². The van der Waals surface area contributed by atoms with E-state index in [1.54, 1.807) is 0 Å². The summed E-state index contributed by atoms with van der Waals surface area (Å²) in [5.41, 5.74) is -6.16. The Bertz CT molecular complexity index is 1300. The molecule has 0 amide bonds. The van der Waals surface area contributed by atoms with Gasteiger partial charge in [0.2, 0.25) is 6.71 Å². The maximum absolute atomic E-state index is 13.6. The molecule has 0 unspecified atom stereocenters. The van der Waals surface area contributed by atoms with E-state index in [1.165, 1.54) is 6.92 Å². The van der Waals surface area contributed by atoms with Crippen LogP contribution in [0.15, 0.2) is 36.4 Å². The minimum atomic E-state index is -5.24. The fourth-order valence-electron chi connectivity index (χ4n) is 3.69. The van der Waals surface area contributed by atoms with Crippen LogP contribution < -0.4 is 16.4 Å². The molecule has 0 aliphatic rings. The zero-order valence-electron chi connectivity index (χ0n) is 17.8. The molecule has 0 saturated carbocycles. The van der Waals surface area contributed by atoms with Gasteiger partial charge < -0.3 is 0 Å². The predicted octanol–water partition coefficient (Wildman–Crippen LogP) is 8.83. The summed E-state index contributed by atoms with van der Waals surface area (Å²) in [4.78, 5) is 0. The number of benzene rings is 3. The highest BCUT2D eigenvalue weighted by atomic mass is 35.5. The lowest BCUT2D eigenvalue weighted by molar-refractivity contribution is -0.143. The van der Waals surface area contributed by atoms with Crippen molar-refractivity contribution >= 4 is 81.1 Å². The summed E-state index contributed by atoms with van der Waals surface area (Å²) in [6, 6.07) is 3.05. The van der Waals surface area contributed by atoms with Gasteiger partial charge in [0, 0.05) is 0 Å². The molecule has 0 saturated heterocycles. The molecule has 0 aromatic heterocycles. The molecule has 0 N–H and O–H groups in total. The Morgan fingerprint density at radius 3 is 1.19 bits per heavy atom. The van der Waals surface area contributed by atoms with Crippen LogP contribution in [0.4, 0.5) is 39.5 Å². The van der Waals surface area contributed by atoms with Crippen LogP contribution in [0.2, 0.25) is 25.1 Å². The molecule has 0 aliphatic heterocycles. The lowest BCUT2D eigenvalue weighted by atomic mass is 9.36. The molecular formula is C22H9BCl5F9. The summed E-state index contributed by atoms with van der Waals surface area (Å²) >= 11 is 30.7. The van der Waals surface area contributed by atoms with Gasteiger partial charge >= 0.3 is 18.5 Å². The number of aryl methyl sites for hydroxylation is 1. The maximum atomic E-state index is 13.6. The second-order valence-corrected chi connectivity index (χ2v) is 9.78. The number of hydrogen-bond acceptors (Lipinski definition) is 0. The van der Waals surface area contributed by atoms with Crippen molar-refractivity contribution in [2.45, 2.75) is 25.5 Å². The number of hydrogen-bond donors (Lipinski definition) is 0. The average Bonchev–Trinajstić information content (AvgIpc) is 2.76. The van der Waals surface area contributed by atoms with Gasteiger partial charge in [-0.15, -0.1) is 0 Å². The molecule has 0 aliphatic carbocycles. The van der Waals surface area contributed by atoms with Crippen LogP contribution in [0.25, 0.3) is 0 Å². The molecule has 3 rings (SSSR count). The van der Waals surface area contributed by atoms with Crippen LogP contribution in [0.1, 0.15) is 22.3 Å². The first-order valence-electron chi connectivity index (χ1n) is 9.73. The third kappa shape index (κ3) is 6.24. The molecule has 0 spiro atoms. The van der Waals surface area contributed by atoms with Gasteiger partial charge in [-0.3, -0.25) is 0 Å². The molecule has 3 aromatic carbocycles. The highest BCUT2D eigenvalue weighted by Crippen LogP contribution is 2.40. The minimum Gasteiger partial charge on any atom is -0.166 e. The highest BCUT2D eigenvalue weighted by molar-refractivity contribution is 6.98. The van der Waals surface area contributed by atoms with Crippen LogP contribution in [0, 0.1) is 6.92 Å². The zero-order valence-corrected chi connectivity index (χ0v) is 21.6. The zero-order chi connectivity index (χ0) is 28.2. The molecule has 0 radical (unpaired) electrons. The number of rotatable bonds is 3. The van der Waals surface area contributed by atoms with Gasteiger partial charge in [0.15, 0.2) is 0 Å². The Labute approximate surface area is 229 Å². The van der Waals surface area contributed by atoms with E-state index in [0.29, 0.717) is 18.2 Å². The Kier molecular flexibility index (Phi) is 8.35. The van der Waals surface area contributed by atoms with Gasteiger partial charge in [-0.25, -0.2) is 0 Å². The van der Waals surface area contributed by atoms with Crippen LogP contribution in [-0.4, -0.2) is 6.71 Å². The van der Waals surface area contributed by atoms with Crippen LogP contribution in [-0.2, 0) is 18.5 Å². The van der Waals surface area contributed by atoms with Crippen molar-refractivity contribution in [2.24, 2.45) is 0 Å². The van der Waals surface area contributed by atoms with Crippen molar-refractivity contribution < 1.29 is 39.5 Å². The van der Waals surface area contributed by atoms with E-state index in [1.807, 2.05) is 0 Å². The fraction of sp³-hybridized carbons (Fsp3) is 0.182. The molecular weight excluding hydrogens is 623 g/mol. The largest absolute Gasteiger partial charge is 0.416 e. The third-order valence-electron chi connectivity index (χ3n) is 5.24.